The van der Waals surface area contributed by atoms with Gasteiger partial charge in [0, 0.05) is 58.9 Å². The highest BCUT2D eigenvalue weighted by Crippen LogP contribution is 2.46. The minimum Gasteiger partial charge on any atom is -0.395 e. The molecule has 2 aromatic carbocycles. The molecule has 176 valence electrons. The molecule has 0 unspecified atom stereocenters. The highest BCUT2D eigenvalue weighted by Gasteiger charge is 2.40. The molecule has 0 bridgehead atoms. The first-order valence-corrected chi connectivity index (χ1v) is 12.3. The van der Waals surface area contributed by atoms with Crippen molar-refractivity contribution in [1.29, 1.82) is 5.26 Å². The van der Waals surface area contributed by atoms with Gasteiger partial charge in [-0.25, -0.2) is 0 Å². The summed E-state index contributed by atoms with van der Waals surface area (Å²) in [6.45, 7) is 9.23. The van der Waals surface area contributed by atoms with Crippen molar-refractivity contribution in [1.82, 2.24) is 10.3 Å². The zero-order chi connectivity index (χ0) is 24.0. The maximum atomic E-state index is 13.8. The van der Waals surface area contributed by atoms with E-state index in [4.69, 9.17) is 5.11 Å². The number of H-pyrrole nitrogens is 1. The number of benzene rings is 2. The van der Waals surface area contributed by atoms with E-state index < -0.39 is 0 Å². The Labute approximate surface area is 200 Å². The van der Waals surface area contributed by atoms with Crippen LogP contribution in [-0.2, 0) is 11.8 Å². The topological polar surface area (TPSA) is 92.2 Å². The van der Waals surface area contributed by atoms with Gasteiger partial charge in [0.15, 0.2) is 5.78 Å². The maximum absolute atomic E-state index is 13.8. The number of anilines is 1. The number of hydrogen-bond donors (Lipinski definition) is 3. The number of ketones is 1. The fourth-order valence-corrected chi connectivity index (χ4v) is 5.75. The molecule has 6 heteroatoms. The van der Waals surface area contributed by atoms with Crippen LogP contribution in [0.4, 0.5) is 5.69 Å². The minimum atomic E-state index is -0.369. The minimum absolute atomic E-state index is 0.0634. The zero-order valence-electron chi connectivity index (χ0n) is 20.2. The van der Waals surface area contributed by atoms with E-state index in [2.05, 4.69) is 54.2 Å². The van der Waals surface area contributed by atoms with Crippen molar-refractivity contribution in [2.24, 2.45) is 0 Å². The lowest BCUT2D eigenvalue weighted by molar-refractivity contribution is 0.103. The van der Waals surface area contributed by atoms with Gasteiger partial charge in [-0.2, -0.15) is 5.26 Å². The second-order valence-corrected chi connectivity index (χ2v) is 10.0. The average molecular weight is 457 g/mol. The molecular formula is C28H32N4O2. The van der Waals surface area contributed by atoms with Crippen LogP contribution in [0.15, 0.2) is 30.3 Å². The smallest absolute Gasteiger partial charge is 0.195 e. The third-order valence-electron chi connectivity index (χ3n) is 7.68. The SMILES string of the molecule is CCc1cc2c(cc1N1CCC(NCCO)CC1)C(C)(C)c1[nH]c3cc(C#N)ccc3c1C2=O. The number of rotatable bonds is 5. The fourth-order valence-electron chi connectivity index (χ4n) is 5.75. The molecule has 0 spiro atoms. The Morgan fingerprint density at radius 3 is 2.68 bits per heavy atom. The van der Waals surface area contributed by atoms with Gasteiger partial charge in [-0.15, -0.1) is 0 Å². The summed E-state index contributed by atoms with van der Waals surface area (Å²) in [6, 6.07) is 12.5. The van der Waals surface area contributed by atoms with Crippen LogP contribution in [0.5, 0.6) is 0 Å². The molecule has 0 atom stereocenters. The molecule has 2 aliphatic rings. The molecule has 0 radical (unpaired) electrons. The number of carbonyl (C=O) groups is 1. The van der Waals surface area contributed by atoms with Crippen LogP contribution in [0.1, 0.15) is 71.9 Å². The van der Waals surface area contributed by atoms with Crippen molar-refractivity contribution >= 4 is 22.4 Å². The zero-order valence-corrected chi connectivity index (χ0v) is 20.2. The summed E-state index contributed by atoms with van der Waals surface area (Å²) in [6.07, 6.45) is 2.94. The predicted molar refractivity (Wildman–Crippen MR) is 135 cm³/mol. The molecule has 0 saturated carbocycles. The Hall–Kier alpha value is -3.14. The summed E-state index contributed by atoms with van der Waals surface area (Å²) in [7, 11) is 0. The number of aliphatic hydroxyl groups excluding tert-OH is 1. The number of aliphatic hydroxyl groups is 1. The normalized spacial score (nSPS) is 17.5. The van der Waals surface area contributed by atoms with Crippen LogP contribution in [0.25, 0.3) is 10.9 Å². The van der Waals surface area contributed by atoms with E-state index >= 15 is 0 Å². The molecule has 1 aliphatic heterocycles. The predicted octanol–water partition coefficient (Wildman–Crippen LogP) is 4.02. The largest absolute Gasteiger partial charge is 0.395 e. The Balaban J connectivity index is 1.57. The number of hydrogen-bond acceptors (Lipinski definition) is 5. The number of fused-ring (bicyclic) bond motifs is 4. The third kappa shape index (κ3) is 3.51. The van der Waals surface area contributed by atoms with E-state index in [1.54, 1.807) is 6.07 Å². The lowest BCUT2D eigenvalue weighted by Crippen LogP contribution is -2.43. The van der Waals surface area contributed by atoms with Crippen LogP contribution in [0.2, 0.25) is 0 Å². The van der Waals surface area contributed by atoms with Gasteiger partial charge in [-0.3, -0.25) is 4.79 Å². The fraction of sp³-hybridized carbons (Fsp3) is 0.429. The molecule has 1 fully saturated rings. The monoisotopic (exact) mass is 456 g/mol. The van der Waals surface area contributed by atoms with Crippen molar-refractivity contribution in [3.8, 4) is 6.07 Å². The Morgan fingerprint density at radius 1 is 1.24 bits per heavy atom. The van der Waals surface area contributed by atoms with Gasteiger partial charge >= 0.3 is 0 Å². The van der Waals surface area contributed by atoms with E-state index in [1.165, 1.54) is 11.3 Å². The summed E-state index contributed by atoms with van der Waals surface area (Å²) >= 11 is 0. The van der Waals surface area contributed by atoms with Gasteiger partial charge in [-0.05, 0) is 54.7 Å². The molecule has 1 aromatic heterocycles. The lowest BCUT2D eigenvalue weighted by Gasteiger charge is -2.38. The molecule has 2 heterocycles. The van der Waals surface area contributed by atoms with Crippen molar-refractivity contribution in [3.63, 3.8) is 0 Å². The van der Waals surface area contributed by atoms with Crippen molar-refractivity contribution in [2.45, 2.75) is 51.5 Å². The van der Waals surface area contributed by atoms with Crippen LogP contribution in [-0.4, -0.2) is 48.2 Å². The number of aromatic amines is 1. The number of nitrogens with one attached hydrogen (secondary N) is 2. The van der Waals surface area contributed by atoms with Crippen LogP contribution in [0, 0.1) is 11.3 Å². The summed E-state index contributed by atoms with van der Waals surface area (Å²) in [5, 5.41) is 22.7. The second kappa shape index (κ2) is 8.57. The van der Waals surface area contributed by atoms with Gasteiger partial charge in [0.25, 0.3) is 0 Å². The van der Waals surface area contributed by atoms with E-state index in [-0.39, 0.29) is 17.8 Å². The van der Waals surface area contributed by atoms with E-state index in [9.17, 15) is 10.1 Å². The first kappa shape index (κ1) is 22.6. The van der Waals surface area contributed by atoms with Gasteiger partial charge < -0.3 is 20.3 Å². The molecule has 34 heavy (non-hydrogen) atoms. The molecule has 1 aliphatic carbocycles. The standard InChI is InChI=1S/C28H32N4O2/c1-4-18-14-21-22(15-24(18)32-10-7-19(8-11-32)30-9-12-33)28(2,3)27-25(26(21)34)20-6-5-17(16-29)13-23(20)31-27/h5-6,13-15,19,30-31,33H,4,7-12H2,1-3H3. The quantitative estimate of drug-likeness (QED) is 0.539. The van der Waals surface area contributed by atoms with E-state index in [0.717, 1.165) is 65.6 Å². The average Bonchev–Trinajstić information content (AvgIpc) is 3.26. The molecule has 0 amide bonds. The Kier molecular flexibility index (Phi) is 5.71. The number of aryl methyl sites for hydroxylation is 1. The van der Waals surface area contributed by atoms with Crippen LogP contribution in [0.3, 0.4) is 0 Å². The van der Waals surface area contributed by atoms with Crippen LogP contribution >= 0.6 is 0 Å². The first-order valence-electron chi connectivity index (χ1n) is 12.3. The number of piperidine rings is 1. The number of nitrogens with zero attached hydrogens (tertiary/aromatic N) is 2. The number of nitriles is 1. The van der Waals surface area contributed by atoms with Gasteiger partial charge in [-0.1, -0.05) is 26.8 Å². The summed E-state index contributed by atoms with van der Waals surface area (Å²) in [4.78, 5) is 19.7. The second-order valence-electron chi connectivity index (χ2n) is 10.0. The molecular weight excluding hydrogens is 424 g/mol. The van der Waals surface area contributed by atoms with E-state index in [0.29, 0.717) is 18.2 Å². The van der Waals surface area contributed by atoms with Crippen molar-refractivity contribution in [3.05, 3.63) is 63.8 Å². The summed E-state index contributed by atoms with van der Waals surface area (Å²) in [5.41, 5.74) is 7.01. The number of carbonyl (C=O) groups excluding carboxylic acids is 1. The molecule has 5 rings (SSSR count). The van der Waals surface area contributed by atoms with Crippen molar-refractivity contribution in [2.75, 3.05) is 31.1 Å². The molecule has 1 saturated heterocycles. The van der Waals surface area contributed by atoms with E-state index in [1.807, 2.05) is 12.1 Å². The Bertz CT molecular complexity index is 1310. The van der Waals surface area contributed by atoms with Crippen LogP contribution < -0.4 is 10.2 Å². The van der Waals surface area contributed by atoms with Crippen molar-refractivity contribution < 1.29 is 9.90 Å². The van der Waals surface area contributed by atoms with Gasteiger partial charge in [0.2, 0.25) is 0 Å². The van der Waals surface area contributed by atoms with Gasteiger partial charge in [0.05, 0.1) is 23.8 Å². The summed E-state index contributed by atoms with van der Waals surface area (Å²) in [5.74, 6) is 0.0634. The first-order chi connectivity index (χ1) is 16.4. The highest BCUT2D eigenvalue weighted by molar-refractivity contribution is 6.20. The van der Waals surface area contributed by atoms with Gasteiger partial charge in [0.1, 0.15) is 0 Å². The number of aromatic nitrogens is 1. The highest BCUT2D eigenvalue weighted by atomic mass is 16.3. The molecule has 3 aromatic rings. The third-order valence-corrected chi connectivity index (χ3v) is 7.68. The Morgan fingerprint density at radius 2 is 2.00 bits per heavy atom. The molecule has 3 N–H and O–H groups in total. The molecule has 6 nitrogen and oxygen atoms in total. The lowest BCUT2D eigenvalue weighted by atomic mass is 9.70. The maximum Gasteiger partial charge on any atom is 0.195 e. The summed E-state index contributed by atoms with van der Waals surface area (Å²) < 4.78 is 0.